The first kappa shape index (κ1) is 19.6. The van der Waals surface area contributed by atoms with Gasteiger partial charge in [-0.2, -0.15) is 0 Å². The average molecular weight is 380 g/mol. The molecule has 2 aromatic rings. The number of hydrogen-bond acceptors (Lipinski definition) is 3. The predicted molar refractivity (Wildman–Crippen MR) is 106 cm³/mol. The number of benzene rings is 2. The molecular weight excluding hydrogens is 356 g/mol. The third-order valence-corrected chi connectivity index (χ3v) is 5.11. The lowest BCUT2D eigenvalue weighted by molar-refractivity contribution is -0.141. The Balaban J connectivity index is 1.69. The van der Waals surface area contributed by atoms with Crippen LogP contribution in [-0.4, -0.2) is 28.9 Å². The highest BCUT2D eigenvalue weighted by Crippen LogP contribution is 2.31. The number of hydrogen-bond donors (Lipinski definition) is 3. The molecule has 0 spiro atoms. The van der Waals surface area contributed by atoms with Gasteiger partial charge in [-0.3, -0.25) is 14.4 Å². The molecule has 6 heteroatoms. The highest BCUT2D eigenvalue weighted by atomic mass is 16.4. The molecule has 6 nitrogen and oxygen atoms in total. The fraction of sp³-hybridized carbons (Fsp3) is 0.318. The Morgan fingerprint density at radius 2 is 1.54 bits per heavy atom. The molecule has 0 heterocycles. The van der Waals surface area contributed by atoms with Gasteiger partial charge in [-0.1, -0.05) is 48.5 Å². The van der Waals surface area contributed by atoms with Crippen LogP contribution in [0.15, 0.2) is 60.7 Å². The van der Waals surface area contributed by atoms with Crippen LogP contribution in [0.4, 0.5) is 5.69 Å². The van der Waals surface area contributed by atoms with Crippen molar-refractivity contribution in [1.82, 2.24) is 5.32 Å². The molecule has 1 aliphatic rings. The fourth-order valence-corrected chi connectivity index (χ4v) is 3.54. The number of amides is 2. The van der Waals surface area contributed by atoms with Gasteiger partial charge in [-0.25, -0.2) is 0 Å². The van der Waals surface area contributed by atoms with Gasteiger partial charge < -0.3 is 15.7 Å². The molecular formula is C22H24N2O4. The van der Waals surface area contributed by atoms with E-state index >= 15 is 0 Å². The van der Waals surface area contributed by atoms with Gasteiger partial charge in [0.15, 0.2) is 0 Å². The van der Waals surface area contributed by atoms with Crippen molar-refractivity contribution in [3.63, 3.8) is 0 Å². The van der Waals surface area contributed by atoms with E-state index in [1.807, 2.05) is 48.5 Å². The SMILES string of the molecule is O=C(Nc1ccccc1)C(Cc1ccccc1)NC(=O)[C@H]1CC[C@@H](C(=O)O)C1. The van der Waals surface area contributed by atoms with Gasteiger partial charge in [0, 0.05) is 18.0 Å². The summed E-state index contributed by atoms with van der Waals surface area (Å²) >= 11 is 0. The van der Waals surface area contributed by atoms with Gasteiger partial charge in [0.25, 0.3) is 0 Å². The Bertz CT molecular complexity index is 823. The van der Waals surface area contributed by atoms with Crippen molar-refractivity contribution in [3.8, 4) is 0 Å². The molecule has 28 heavy (non-hydrogen) atoms. The highest BCUT2D eigenvalue weighted by Gasteiger charge is 2.35. The highest BCUT2D eigenvalue weighted by molar-refractivity contribution is 5.97. The number of aliphatic carboxylic acids is 1. The summed E-state index contributed by atoms with van der Waals surface area (Å²) in [5.41, 5.74) is 1.59. The molecule has 146 valence electrons. The number of rotatable bonds is 7. The largest absolute Gasteiger partial charge is 0.481 e. The quantitative estimate of drug-likeness (QED) is 0.688. The minimum Gasteiger partial charge on any atom is -0.481 e. The van der Waals surface area contributed by atoms with Crippen molar-refractivity contribution >= 4 is 23.5 Å². The number of anilines is 1. The van der Waals surface area contributed by atoms with Gasteiger partial charge in [0.1, 0.15) is 6.04 Å². The Labute approximate surface area is 164 Å². The standard InChI is InChI=1S/C22H24N2O4/c25-20(16-11-12-17(14-16)22(27)28)24-19(13-15-7-3-1-4-8-15)21(26)23-18-9-5-2-6-10-18/h1-10,16-17,19H,11-14H2,(H,23,26)(H,24,25)(H,27,28)/t16-,17+,19?/m0/s1. The summed E-state index contributed by atoms with van der Waals surface area (Å²) in [6.45, 7) is 0. The van der Waals surface area contributed by atoms with Gasteiger partial charge in [-0.15, -0.1) is 0 Å². The lowest BCUT2D eigenvalue weighted by atomic mass is 10.0. The van der Waals surface area contributed by atoms with E-state index in [0.29, 0.717) is 31.4 Å². The van der Waals surface area contributed by atoms with Crippen LogP contribution in [0.3, 0.4) is 0 Å². The lowest BCUT2D eigenvalue weighted by Gasteiger charge is -2.21. The van der Waals surface area contributed by atoms with Gasteiger partial charge in [0.2, 0.25) is 11.8 Å². The molecule has 1 aliphatic carbocycles. The average Bonchev–Trinajstić information content (AvgIpc) is 3.20. The molecule has 0 aromatic heterocycles. The van der Waals surface area contributed by atoms with Crippen LogP contribution in [0, 0.1) is 11.8 Å². The second-order valence-electron chi connectivity index (χ2n) is 7.15. The Kier molecular flexibility index (Phi) is 6.42. The molecule has 3 rings (SSSR count). The van der Waals surface area contributed by atoms with E-state index in [1.165, 1.54) is 0 Å². The zero-order valence-corrected chi connectivity index (χ0v) is 15.5. The van der Waals surface area contributed by atoms with Crippen molar-refractivity contribution in [2.24, 2.45) is 11.8 Å². The summed E-state index contributed by atoms with van der Waals surface area (Å²) in [5, 5.41) is 14.8. The maximum atomic E-state index is 12.8. The normalized spacial score (nSPS) is 19.6. The summed E-state index contributed by atoms with van der Waals surface area (Å²) in [5.74, 6) is -2.27. The Hall–Kier alpha value is -3.15. The van der Waals surface area contributed by atoms with Crippen LogP contribution >= 0.6 is 0 Å². The monoisotopic (exact) mass is 380 g/mol. The van der Waals surface area contributed by atoms with Crippen molar-refractivity contribution in [1.29, 1.82) is 0 Å². The molecule has 0 radical (unpaired) electrons. The molecule has 1 saturated carbocycles. The summed E-state index contributed by atoms with van der Waals surface area (Å²) in [6.07, 6.45) is 1.70. The first-order valence-corrected chi connectivity index (χ1v) is 9.46. The summed E-state index contributed by atoms with van der Waals surface area (Å²) in [4.78, 5) is 36.7. The second-order valence-corrected chi connectivity index (χ2v) is 7.15. The topological polar surface area (TPSA) is 95.5 Å². The number of carboxylic acid groups (broad SMARTS) is 1. The third-order valence-electron chi connectivity index (χ3n) is 5.11. The van der Waals surface area contributed by atoms with E-state index in [9.17, 15) is 14.4 Å². The van der Waals surface area contributed by atoms with Crippen molar-refractivity contribution in [2.45, 2.75) is 31.7 Å². The zero-order chi connectivity index (χ0) is 19.9. The van der Waals surface area contributed by atoms with Crippen molar-refractivity contribution in [3.05, 3.63) is 66.2 Å². The maximum Gasteiger partial charge on any atom is 0.306 e. The molecule has 2 aromatic carbocycles. The lowest BCUT2D eigenvalue weighted by Crippen LogP contribution is -2.47. The Morgan fingerprint density at radius 1 is 0.929 bits per heavy atom. The number of nitrogens with one attached hydrogen (secondary N) is 2. The minimum atomic E-state index is -0.863. The molecule has 1 unspecified atom stereocenters. The van der Waals surface area contributed by atoms with E-state index in [4.69, 9.17) is 5.11 Å². The van der Waals surface area contributed by atoms with Gasteiger partial charge in [-0.05, 0) is 37.0 Å². The van der Waals surface area contributed by atoms with Gasteiger partial charge >= 0.3 is 5.97 Å². The van der Waals surface area contributed by atoms with Crippen molar-refractivity contribution in [2.75, 3.05) is 5.32 Å². The number of carbonyl (C=O) groups excluding carboxylic acids is 2. The molecule has 0 bridgehead atoms. The van der Waals surface area contributed by atoms with E-state index in [-0.39, 0.29) is 17.7 Å². The summed E-state index contributed by atoms with van der Waals surface area (Å²) in [7, 11) is 0. The van der Waals surface area contributed by atoms with E-state index < -0.39 is 17.9 Å². The van der Waals surface area contributed by atoms with Crippen LogP contribution in [0.5, 0.6) is 0 Å². The van der Waals surface area contributed by atoms with E-state index in [2.05, 4.69) is 10.6 Å². The zero-order valence-electron chi connectivity index (χ0n) is 15.5. The molecule has 0 saturated heterocycles. The second kappa shape index (κ2) is 9.17. The summed E-state index contributed by atoms with van der Waals surface area (Å²) < 4.78 is 0. The molecule has 3 atom stereocenters. The Morgan fingerprint density at radius 3 is 2.14 bits per heavy atom. The van der Waals surface area contributed by atoms with Crippen LogP contribution in [0.25, 0.3) is 0 Å². The number of para-hydroxylation sites is 1. The van der Waals surface area contributed by atoms with Gasteiger partial charge in [0.05, 0.1) is 5.92 Å². The van der Waals surface area contributed by atoms with Crippen LogP contribution in [0.2, 0.25) is 0 Å². The first-order chi connectivity index (χ1) is 13.5. The number of carbonyl (C=O) groups is 3. The van der Waals surface area contributed by atoms with Crippen LogP contribution in [-0.2, 0) is 20.8 Å². The molecule has 2 amide bonds. The fourth-order valence-electron chi connectivity index (χ4n) is 3.54. The first-order valence-electron chi connectivity index (χ1n) is 9.46. The van der Waals surface area contributed by atoms with Crippen LogP contribution < -0.4 is 10.6 Å². The predicted octanol–water partition coefficient (Wildman–Crippen LogP) is 2.85. The van der Waals surface area contributed by atoms with E-state index in [1.54, 1.807) is 12.1 Å². The molecule has 0 aliphatic heterocycles. The smallest absolute Gasteiger partial charge is 0.306 e. The van der Waals surface area contributed by atoms with Crippen LogP contribution in [0.1, 0.15) is 24.8 Å². The summed E-state index contributed by atoms with van der Waals surface area (Å²) in [6, 6.07) is 17.8. The van der Waals surface area contributed by atoms with Crippen molar-refractivity contribution < 1.29 is 19.5 Å². The number of carboxylic acids is 1. The minimum absolute atomic E-state index is 0.257. The molecule has 1 fully saturated rings. The third kappa shape index (κ3) is 5.19. The maximum absolute atomic E-state index is 12.8. The molecule has 3 N–H and O–H groups in total. The van der Waals surface area contributed by atoms with E-state index in [0.717, 1.165) is 5.56 Å².